The molecule has 0 heterocycles. The molecule has 4 N–H and O–H groups in total. The summed E-state index contributed by atoms with van der Waals surface area (Å²) >= 11 is 0. The van der Waals surface area contributed by atoms with Crippen LogP contribution < -0.4 is 16.4 Å². The Morgan fingerprint density at radius 2 is 1.52 bits per heavy atom. The molecule has 0 radical (unpaired) electrons. The Kier molecular flexibility index (Phi) is 4.54. The first-order valence-electron chi connectivity index (χ1n) is 6.41. The summed E-state index contributed by atoms with van der Waals surface area (Å²) in [5.41, 5.74) is 6.65. The third kappa shape index (κ3) is 4.22. The van der Waals surface area contributed by atoms with Gasteiger partial charge in [-0.2, -0.15) is 13.2 Å². The standard InChI is InChI=1S/C15H12F3N3O2/c16-15(17,18)14(23)20-10-7-5-9(6-8-10)13(22)21-12-4-2-1-3-11(12)19/h1-8H,19H2,(H,20,23)(H,21,22). The third-order valence-electron chi connectivity index (χ3n) is 2.87. The lowest BCUT2D eigenvalue weighted by Crippen LogP contribution is -2.29. The predicted octanol–water partition coefficient (Wildman–Crippen LogP) is 3.02. The van der Waals surface area contributed by atoms with Gasteiger partial charge in [-0.05, 0) is 36.4 Å². The molecule has 8 heteroatoms. The van der Waals surface area contributed by atoms with E-state index in [1.54, 1.807) is 29.6 Å². The van der Waals surface area contributed by atoms with Gasteiger partial charge in [0.1, 0.15) is 0 Å². The van der Waals surface area contributed by atoms with Crippen molar-refractivity contribution in [3.8, 4) is 0 Å². The molecule has 0 aromatic heterocycles. The number of rotatable bonds is 3. The summed E-state index contributed by atoms with van der Waals surface area (Å²) in [6.07, 6.45) is -4.97. The molecule has 0 aliphatic rings. The van der Waals surface area contributed by atoms with Crippen LogP contribution in [0.2, 0.25) is 0 Å². The summed E-state index contributed by atoms with van der Waals surface area (Å²) in [6.45, 7) is 0. The van der Waals surface area contributed by atoms with Crippen molar-refractivity contribution >= 4 is 28.9 Å². The lowest BCUT2D eigenvalue weighted by atomic mass is 10.2. The summed E-state index contributed by atoms with van der Waals surface area (Å²) in [6, 6.07) is 11.6. The van der Waals surface area contributed by atoms with E-state index in [0.717, 1.165) is 0 Å². The smallest absolute Gasteiger partial charge is 0.397 e. The van der Waals surface area contributed by atoms with E-state index in [0.29, 0.717) is 11.4 Å². The number of anilines is 3. The van der Waals surface area contributed by atoms with Gasteiger partial charge in [0, 0.05) is 11.3 Å². The Morgan fingerprint density at radius 3 is 2.09 bits per heavy atom. The van der Waals surface area contributed by atoms with Gasteiger partial charge < -0.3 is 16.4 Å². The number of alkyl halides is 3. The van der Waals surface area contributed by atoms with E-state index >= 15 is 0 Å². The number of para-hydroxylation sites is 2. The van der Waals surface area contributed by atoms with Crippen molar-refractivity contribution in [3.05, 3.63) is 54.1 Å². The Bertz CT molecular complexity index is 727. The number of nitrogens with one attached hydrogen (secondary N) is 2. The zero-order valence-corrected chi connectivity index (χ0v) is 11.6. The number of carbonyl (C=O) groups is 2. The van der Waals surface area contributed by atoms with Crippen LogP contribution in [-0.4, -0.2) is 18.0 Å². The Morgan fingerprint density at radius 1 is 0.913 bits per heavy atom. The normalized spacial score (nSPS) is 10.9. The van der Waals surface area contributed by atoms with Crippen LogP contribution in [0.15, 0.2) is 48.5 Å². The second-order valence-electron chi connectivity index (χ2n) is 4.57. The lowest BCUT2D eigenvalue weighted by molar-refractivity contribution is -0.167. The molecule has 2 aromatic carbocycles. The molecule has 0 spiro atoms. The molecule has 0 atom stereocenters. The van der Waals surface area contributed by atoms with E-state index in [4.69, 9.17) is 5.73 Å². The molecule has 0 bridgehead atoms. The van der Waals surface area contributed by atoms with Gasteiger partial charge in [0.15, 0.2) is 0 Å². The molecule has 0 aliphatic heterocycles. The highest BCUT2D eigenvalue weighted by atomic mass is 19.4. The zero-order valence-electron chi connectivity index (χ0n) is 11.6. The van der Waals surface area contributed by atoms with Crippen molar-refractivity contribution in [2.24, 2.45) is 0 Å². The highest BCUT2D eigenvalue weighted by molar-refractivity contribution is 6.06. The number of benzene rings is 2. The highest BCUT2D eigenvalue weighted by Crippen LogP contribution is 2.20. The molecular formula is C15H12F3N3O2. The first-order chi connectivity index (χ1) is 10.8. The molecule has 120 valence electrons. The maximum absolute atomic E-state index is 12.1. The summed E-state index contributed by atoms with van der Waals surface area (Å²) < 4.78 is 36.4. The molecule has 0 saturated heterocycles. The second kappa shape index (κ2) is 6.39. The van der Waals surface area contributed by atoms with Crippen molar-refractivity contribution < 1.29 is 22.8 Å². The molecule has 5 nitrogen and oxygen atoms in total. The first kappa shape index (κ1) is 16.3. The lowest BCUT2D eigenvalue weighted by Gasteiger charge is -2.10. The van der Waals surface area contributed by atoms with Crippen molar-refractivity contribution in [2.75, 3.05) is 16.4 Å². The van der Waals surface area contributed by atoms with Gasteiger partial charge >= 0.3 is 12.1 Å². The molecule has 0 aliphatic carbocycles. The van der Waals surface area contributed by atoms with Gasteiger partial charge in [-0.1, -0.05) is 12.1 Å². The van der Waals surface area contributed by atoms with Gasteiger partial charge in [-0.3, -0.25) is 9.59 Å². The monoisotopic (exact) mass is 323 g/mol. The van der Waals surface area contributed by atoms with Crippen molar-refractivity contribution in [1.82, 2.24) is 0 Å². The van der Waals surface area contributed by atoms with E-state index < -0.39 is 18.0 Å². The third-order valence-corrected chi connectivity index (χ3v) is 2.87. The fourth-order valence-corrected chi connectivity index (χ4v) is 1.71. The van der Waals surface area contributed by atoms with Gasteiger partial charge in [-0.15, -0.1) is 0 Å². The summed E-state index contributed by atoms with van der Waals surface area (Å²) in [5.74, 6) is -2.55. The van der Waals surface area contributed by atoms with Crippen molar-refractivity contribution in [3.63, 3.8) is 0 Å². The number of halogens is 3. The fraction of sp³-hybridized carbons (Fsp3) is 0.0667. The Hall–Kier alpha value is -3.03. The molecule has 2 rings (SSSR count). The van der Waals surface area contributed by atoms with E-state index in [2.05, 4.69) is 5.32 Å². The first-order valence-corrected chi connectivity index (χ1v) is 6.41. The number of hydrogen-bond acceptors (Lipinski definition) is 3. The maximum atomic E-state index is 12.1. The van der Waals surface area contributed by atoms with Gasteiger partial charge in [0.25, 0.3) is 5.91 Å². The minimum atomic E-state index is -4.97. The van der Waals surface area contributed by atoms with Gasteiger partial charge in [-0.25, -0.2) is 0 Å². The zero-order chi connectivity index (χ0) is 17.0. The number of carbonyl (C=O) groups excluding carboxylic acids is 2. The van der Waals surface area contributed by atoms with Crippen molar-refractivity contribution in [2.45, 2.75) is 6.18 Å². The number of nitrogens with two attached hydrogens (primary N) is 1. The van der Waals surface area contributed by atoms with Crippen LogP contribution in [0.4, 0.5) is 30.2 Å². The quantitative estimate of drug-likeness (QED) is 0.759. The summed E-state index contributed by atoms with van der Waals surface area (Å²) in [5, 5.41) is 4.27. The maximum Gasteiger partial charge on any atom is 0.471 e. The molecule has 0 unspecified atom stereocenters. The Labute approximate surface area is 129 Å². The van der Waals surface area contributed by atoms with E-state index in [1.807, 2.05) is 0 Å². The van der Waals surface area contributed by atoms with E-state index in [-0.39, 0.29) is 11.3 Å². The molecule has 23 heavy (non-hydrogen) atoms. The largest absolute Gasteiger partial charge is 0.471 e. The molecule has 2 aromatic rings. The number of nitrogen functional groups attached to an aromatic ring is 1. The van der Waals surface area contributed by atoms with Crippen LogP contribution >= 0.6 is 0 Å². The second-order valence-corrected chi connectivity index (χ2v) is 4.57. The van der Waals surface area contributed by atoms with Crippen molar-refractivity contribution in [1.29, 1.82) is 0 Å². The minimum Gasteiger partial charge on any atom is -0.397 e. The van der Waals surface area contributed by atoms with Crippen LogP contribution in [0.25, 0.3) is 0 Å². The topological polar surface area (TPSA) is 84.2 Å². The van der Waals surface area contributed by atoms with Gasteiger partial charge in [0.2, 0.25) is 0 Å². The van der Waals surface area contributed by atoms with Crippen LogP contribution in [0.3, 0.4) is 0 Å². The average Bonchev–Trinajstić information content (AvgIpc) is 2.49. The van der Waals surface area contributed by atoms with Crippen LogP contribution in [0.1, 0.15) is 10.4 Å². The molecule has 2 amide bonds. The fourth-order valence-electron chi connectivity index (χ4n) is 1.71. The van der Waals surface area contributed by atoms with E-state index in [1.165, 1.54) is 24.3 Å². The minimum absolute atomic E-state index is 0.0666. The molecule has 0 saturated carbocycles. The summed E-state index contributed by atoms with van der Waals surface area (Å²) in [4.78, 5) is 22.8. The van der Waals surface area contributed by atoms with Crippen LogP contribution in [0.5, 0.6) is 0 Å². The van der Waals surface area contributed by atoms with Crippen LogP contribution in [-0.2, 0) is 4.79 Å². The van der Waals surface area contributed by atoms with Gasteiger partial charge in [0.05, 0.1) is 11.4 Å². The SMILES string of the molecule is Nc1ccccc1NC(=O)c1ccc(NC(=O)C(F)(F)F)cc1. The van der Waals surface area contributed by atoms with Crippen LogP contribution in [0, 0.1) is 0 Å². The number of amides is 2. The molecular weight excluding hydrogens is 311 g/mol. The highest BCUT2D eigenvalue weighted by Gasteiger charge is 2.38. The predicted molar refractivity (Wildman–Crippen MR) is 79.9 cm³/mol. The average molecular weight is 323 g/mol. The Balaban J connectivity index is 2.06. The molecule has 0 fully saturated rings. The summed E-state index contributed by atoms with van der Waals surface area (Å²) in [7, 11) is 0. The van der Waals surface area contributed by atoms with E-state index in [9.17, 15) is 22.8 Å². The number of hydrogen-bond donors (Lipinski definition) is 3.